The van der Waals surface area contributed by atoms with Crippen LogP contribution < -0.4 is 15.4 Å². The van der Waals surface area contributed by atoms with Crippen LogP contribution in [0.5, 0.6) is 5.75 Å². The first kappa shape index (κ1) is 19.0. The number of benzene rings is 2. The van der Waals surface area contributed by atoms with Gasteiger partial charge in [0.05, 0.1) is 6.10 Å². The second-order valence-corrected chi connectivity index (χ2v) is 6.34. The van der Waals surface area contributed by atoms with E-state index < -0.39 is 18.5 Å². The van der Waals surface area contributed by atoms with E-state index in [0.717, 1.165) is 17.5 Å². The number of alkyl halides is 3. The van der Waals surface area contributed by atoms with Crippen molar-refractivity contribution in [2.24, 2.45) is 0 Å². The van der Waals surface area contributed by atoms with E-state index in [9.17, 15) is 23.1 Å². The van der Waals surface area contributed by atoms with E-state index in [1.165, 1.54) is 24.3 Å². The predicted molar refractivity (Wildman–Crippen MR) is 93.5 cm³/mol. The molecule has 2 aromatic carbocycles. The minimum atomic E-state index is -4.73. The lowest BCUT2D eigenvalue weighted by atomic mass is 9.88. The van der Waals surface area contributed by atoms with E-state index in [2.05, 4.69) is 15.4 Å². The number of rotatable bonds is 4. The zero-order valence-corrected chi connectivity index (χ0v) is 14.3. The number of amides is 2. The molecule has 144 valence electrons. The number of aryl methyl sites for hydroxylation is 1. The zero-order chi connectivity index (χ0) is 19.4. The lowest BCUT2D eigenvalue weighted by molar-refractivity contribution is -0.274. The fraction of sp³-hybridized carbons (Fsp3) is 0.316. The van der Waals surface area contributed by atoms with Gasteiger partial charge in [-0.3, -0.25) is 0 Å². The first-order valence-electron chi connectivity index (χ1n) is 8.48. The van der Waals surface area contributed by atoms with Crippen LogP contribution in [0.4, 0.5) is 23.7 Å². The zero-order valence-electron chi connectivity index (χ0n) is 14.3. The number of nitrogens with one attached hydrogen (secondary N) is 2. The van der Waals surface area contributed by atoms with Crippen LogP contribution in [0.25, 0.3) is 0 Å². The highest BCUT2D eigenvalue weighted by atomic mass is 19.4. The van der Waals surface area contributed by atoms with Crippen LogP contribution >= 0.6 is 0 Å². The molecule has 0 aliphatic heterocycles. The summed E-state index contributed by atoms with van der Waals surface area (Å²) in [5, 5.41) is 15.3. The normalized spacial score (nSPS) is 16.4. The summed E-state index contributed by atoms with van der Waals surface area (Å²) in [7, 11) is 0. The quantitative estimate of drug-likeness (QED) is 0.757. The first-order chi connectivity index (χ1) is 12.8. The molecule has 0 fully saturated rings. The molecule has 0 heterocycles. The van der Waals surface area contributed by atoms with Crippen molar-refractivity contribution >= 4 is 11.7 Å². The molecule has 1 aliphatic rings. The lowest BCUT2D eigenvalue weighted by Crippen LogP contribution is -2.29. The largest absolute Gasteiger partial charge is 0.573 e. The summed E-state index contributed by atoms with van der Waals surface area (Å²) in [6, 6.07) is 10.5. The molecule has 8 heteroatoms. The summed E-state index contributed by atoms with van der Waals surface area (Å²) in [6.45, 7) is 0.149. The third kappa shape index (κ3) is 5.37. The van der Waals surface area contributed by atoms with Crippen LogP contribution in [0.2, 0.25) is 0 Å². The highest BCUT2D eigenvalue weighted by Gasteiger charge is 2.30. The molecule has 0 unspecified atom stereocenters. The molecular formula is C19H19F3N2O3. The summed E-state index contributed by atoms with van der Waals surface area (Å²) >= 11 is 0. The van der Waals surface area contributed by atoms with Gasteiger partial charge in [-0.25, -0.2) is 4.79 Å². The minimum absolute atomic E-state index is 0.149. The van der Waals surface area contributed by atoms with Crippen molar-refractivity contribution in [1.29, 1.82) is 0 Å². The summed E-state index contributed by atoms with van der Waals surface area (Å²) in [5.41, 5.74) is 3.32. The molecule has 3 rings (SSSR count). The second kappa shape index (κ2) is 7.87. The number of anilines is 1. The third-order valence-electron chi connectivity index (χ3n) is 4.32. The van der Waals surface area contributed by atoms with Crippen LogP contribution in [0.3, 0.4) is 0 Å². The van der Waals surface area contributed by atoms with Crippen molar-refractivity contribution in [2.75, 3.05) is 5.32 Å². The number of ether oxygens (including phenoxy) is 1. The molecule has 0 saturated carbocycles. The van der Waals surface area contributed by atoms with Gasteiger partial charge in [-0.2, -0.15) is 0 Å². The average Bonchev–Trinajstić information content (AvgIpc) is 2.60. The number of hydrogen-bond acceptors (Lipinski definition) is 3. The Hall–Kier alpha value is -2.74. The Labute approximate surface area is 154 Å². The van der Waals surface area contributed by atoms with Gasteiger partial charge in [0.2, 0.25) is 0 Å². The Morgan fingerprint density at radius 2 is 1.93 bits per heavy atom. The summed E-state index contributed by atoms with van der Waals surface area (Å²) in [6.07, 6.45) is -3.19. The minimum Gasteiger partial charge on any atom is -0.406 e. The number of carbonyl (C=O) groups is 1. The first-order valence-corrected chi connectivity index (χ1v) is 8.48. The average molecular weight is 380 g/mol. The van der Waals surface area contributed by atoms with Crippen molar-refractivity contribution in [3.8, 4) is 5.75 Å². The van der Waals surface area contributed by atoms with E-state index in [0.29, 0.717) is 24.1 Å². The maximum absolute atomic E-state index is 12.1. The smallest absolute Gasteiger partial charge is 0.406 e. The van der Waals surface area contributed by atoms with Crippen LogP contribution in [-0.2, 0) is 19.4 Å². The van der Waals surface area contributed by atoms with Crippen LogP contribution in [0, 0.1) is 0 Å². The molecule has 0 bridgehead atoms. The maximum Gasteiger partial charge on any atom is 0.573 e. The summed E-state index contributed by atoms with van der Waals surface area (Å²) in [5.74, 6) is -0.315. The van der Waals surface area contributed by atoms with Crippen molar-refractivity contribution in [2.45, 2.75) is 38.3 Å². The molecule has 0 saturated heterocycles. The molecule has 1 atom stereocenters. The Kier molecular flexibility index (Phi) is 5.55. The van der Waals surface area contributed by atoms with Gasteiger partial charge in [-0.15, -0.1) is 13.2 Å². The number of carbonyl (C=O) groups excluding carboxylic acids is 1. The SMILES string of the molecule is O=C(NCc1ccc(OC(F)(F)F)cc1)Nc1cccc2c1C[C@H](O)CC2. The van der Waals surface area contributed by atoms with Crippen LogP contribution in [-0.4, -0.2) is 23.6 Å². The van der Waals surface area contributed by atoms with Crippen LogP contribution in [0.1, 0.15) is 23.1 Å². The molecule has 1 aliphatic carbocycles. The molecule has 3 N–H and O–H groups in total. The van der Waals surface area contributed by atoms with Crippen LogP contribution in [0.15, 0.2) is 42.5 Å². The Morgan fingerprint density at radius 1 is 1.19 bits per heavy atom. The number of aliphatic hydroxyl groups is 1. The molecular weight excluding hydrogens is 361 g/mol. The van der Waals surface area contributed by atoms with E-state index in [1.807, 2.05) is 12.1 Å². The van der Waals surface area contributed by atoms with E-state index in [4.69, 9.17) is 0 Å². The number of halogens is 3. The highest BCUT2D eigenvalue weighted by Crippen LogP contribution is 2.28. The maximum atomic E-state index is 12.1. The van der Waals surface area contributed by atoms with Gasteiger partial charge in [0.1, 0.15) is 5.75 Å². The third-order valence-corrected chi connectivity index (χ3v) is 4.32. The van der Waals surface area contributed by atoms with Gasteiger partial charge in [0, 0.05) is 18.7 Å². The molecule has 0 radical (unpaired) electrons. The summed E-state index contributed by atoms with van der Waals surface area (Å²) in [4.78, 5) is 12.1. The van der Waals surface area contributed by atoms with Crippen molar-refractivity contribution in [1.82, 2.24) is 5.32 Å². The standard InChI is InChI=1S/C19H19F3N2O3/c20-19(21,22)27-15-8-4-12(5-9-15)11-23-18(26)24-17-3-1-2-13-6-7-14(25)10-16(13)17/h1-5,8-9,14,25H,6-7,10-11H2,(H2,23,24,26)/t14-/m1/s1. The molecule has 0 aromatic heterocycles. The van der Waals surface area contributed by atoms with Crippen molar-refractivity contribution < 1.29 is 27.8 Å². The molecule has 2 amide bonds. The van der Waals surface area contributed by atoms with E-state index >= 15 is 0 Å². The molecule has 27 heavy (non-hydrogen) atoms. The number of fused-ring (bicyclic) bond motifs is 1. The molecule has 2 aromatic rings. The van der Waals surface area contributed by atoms with E-state index in [-0.39, 0.29) is 12.3 Å². The molecule has 0 spiro atoms. The Morgan fingerprint density at radius 3 is 2.63 bits per heavy atom. The van der Waals surface area contributed by atoms with Gasteiger partial charge in [0.25, 0.3) is 0 Å². The van der Waals surface area contributed by atoms with Crippen molar-refractivity contribution in [3.63, 3.8) is 0 Å². The fourth-order valence-electron chi connectivity index (χ4n) is 3.04. The van der Waals surface area contributed by atoms with Gasteiger partial charge in [-0.1, -0.05) is 24.3 Å². The fourth-order valence-corrected chi connectivity index (χ4v) is 3.04. The Bertz CT molecular complexity index is 807. The van der Waals surface area contributed by atoms with Gasteiger partial charge >= 0.3 is 12.4 Å². The number of hydrogen-bond donors (Lipinski definition) is 3. The van der Waals surface area contributed by atoms with Crippen molar-refractivity contribution in [3.05, 3.63) is 59.2 Å². The predicted octanol–water partition coefficient (Wildman–Crippen LogP) is 3.76. The molecule has 5 nitrogen and oxygen atoms in total. The lowest BCUT2D eigenvalue weighted by Gasteiger charge is -2.23. The van der Waals surface area contributed by atoms with Gasteiger partial charge in [0.15, 0.2) is 0 Å². The topological polar surface area (TPSA) is 70.6 Å². The monoisotopic (exact) mass is 380 g/mol. The Balaban J connectivity index is 1.56. The number of aliphatic hydroxyl groups excluding tert-OH is 1. The van der Waals surface area contributed by atoms with Gasteiger partial charge in [-0.05, 0) is 47.7 Å². The highest BCUT2D eigenvalue weighted by molar-refractivity contribution is 5.90. The van der Waals surface area contributed by atoms with E-state index in [1.54, 1.807) is 6.07 Å². The summed E-state index contributed by atoms with van der Waals surface area (Å²) < 4.78 is 40.2. The number of urea groups is 1. The second-order valence-electron chi connectivity index (χ2n) is 6.34. The van der Waals surface area contributed by atoms with Gasteiger partial charge < -0.3 is 20.5 Å².